The molecule has 1 unspecified atom stereocenters. The summed E-state index contributed by atoms with van der Waals surface area (Å²) in [6.45, 7) is 7.00. The molecule has 1 fully saturated rings. The van der Waals surface area contributed by atoms with Crippen LogP contribution in [-0.4, -0.2) is 31.1 Å². The number of hydrogen-bond donors (Lipinski definition) is 1. The van der Waals surface area contributed by atoms with Gasteiger partial charge in [0.1, 0.15) is 0 Å². The largest absolute Gasteiger partial charge is 0.309 e. The summed E-state index contributed by atoms with van der Waals surface area (Å²) in [7, 11) is 0. The zero-order valence-corrected chi connectivity index (χ0v) is 13.9. The van der Waals surface area contributed by atoms with Gasteiger partial charge in [-0.05, 0) is 50.6 Å². The van der Waals surface area contributed by atoms with Crippen molar-refractivity contribution in [1.29, 1.82) is 0 Å². The van der Waals surface area contributed by atoms with E-state index in [4.69, 9.17) is 0 Å². The zero-order valence-electron chi connectivity index (χ0n) is 10.8. The molecule has 1 saturated heterocycles. The Morgan fingerprint density at radius 1 is 1.28 bits per heavy atom. The van der Waals surface area contributed by atoms with Crippen LogP contribution in [0.2, 0.25) is 0 Å². The molecule has 1 aliphatic heterocycles. The highest BCUT2D eigenvalue weighted by atomic mass is 79.9. The normalized spacial score (nSPS) is 18.2. The second-order valence-electron chi connectivity index (χ2n) is 4.89. The van der Waals surface area contributed by atoms with E-state index in [9.17, 15) is 0 Å². The van der Waals surface area contributed by atoms with E-state index in [-0.39, 0.29) is 0 Å². The molecule has 0 bridgehead atoms. The van der Waals surface area contributed by atoms with Crippen LogP contribution in [0.25, 0.3) is 0 Å². The Balaban J connectivity index is 1.81. The topological polar surface area (TPSA) is 15.3 Å². The lowest BCUT2D eigenvalue weighted by atomic mass is 10.1. The number of nitrogens with one attached hydrogen (secondary N) is 1. The Hall–Kier alpha value is 0.1000. The van der Waals surface area contributed by atoms with Crippen molar-refractivity contribution in [3.63, 3.8) is 0 Å². The zero-order chi connectivity index (χ0) is 13.0. The maximum Gasteiger partial charge on any atom is 0.0303 e. The fourth-order valence-electron chi connectivity index (χ4n) is 2.41. The second kappa shape index (κ2) is 7.04. The van der Waals surface area contributed by atoms with Crippen molar-refractivity contribution < 1.29 is 0 Å². The van der Waals surface area contributed by atoms with Gasteiger partial charge >= 0.3 is 0 Å². The number of halogens is 2. The van der Waals surface area contributed by atoms with Crippen LogP contribution >= 0.6 is 31.9 Å². The van der Waals surface area contributed by atoms with Crippen molar-refractivity contribution in [2.45, 2.75) is 25.8 Å². The summed E-state index contributed by atoms with van der Waals surface area (Å²) in [5.41, 5.74) is 1.32. The summed E-state index contributed by atoms with van der Waals surface area (Å²) >= 11 is 7.11. The van der Waals surface area contributed by atoms with E-state index in [1.54, 1.807) is 0 Å². The van der Waals surface area contributed by atoms with Gasteiger partial charge in [-0.2, -0.15) is 0 Å². The molecule has 2 rings (SSSR count). The molecule has 0 aliphatic carbocycles. The summed E-state index contributed by atoms with van der Waals surface area (Å²) in [5.74, 6) is 0. The molecule has 0 radical (unpaired) electrons. The molecule has 1 aliphatic rings. The van der Waals surface area contributed by atoms with Crippen molar-refractivity contribution in [3.8, 4) is 0 Å². The summed E-state index contributed by atoms with van der Waals surface area (Å²) in [6, 6.07) is 6.75. The first-order chi connectivity index (χ1) is 8.66. The molecule has 0 saturated carbocycles. The minimum Gasteiger partial charge on any atom is -0.309 e. The van der Waals surface area contributed by atoms with Crippen LogP contribution in [0.15, 0.2) is 27.1 Å². The second-order valence-corrected chi connectivity index (χ2v) is 6.66. The molecular weight excluding hydrogens is 356 g/mol. The van der Waals surface area contributed by atoms with Gasteiger partial charge in [-0.15, -0.1) is 0 Å². The van der Waals surface area contributed by atoms with Gasteiger partial charge in [-0.25, -0.2) is 0 Å². The van der Waals surface area contributed by atoms with Crippen LogP contribution in [0, 0.1) is 0 Å². The molecule has 0 spiro atoms. The third-order valence-electron chi connectivity index (χ3n) is 3.51. The maximum absolute atomic E-state index is 3.63. The van der Waals surface area contributed by atoms with E-state index in [0.717, 1.165) is 15.5 Å². The number of benzene rings is 1. The monoisotopic (exact) mass is 374 g/mol. The highest BCUT2D eigenvalue weighted by Gasteiger charge is 2.12. The fraction of sp³-hybridized carbons (Fsp3) is 0.571. The number of hydrogen-bond acceptors (Lipinski definition) is 2. The molecule has 1 N–H and O–H groups in total. The first-order valence-electron chi connectivity index (χ1n) is 6.57. The Morgan fingerprint density at radius 2 is 2.00 bits per heavy atom. The molecule has 0 amide bonds. The average molecular weight is 376 g/mol. The lowest BCUT2D eigenvalue weighted by molar-refractivity contribution is 0.329. The van der Waals surface area contributed by atoms with E-state index in [1.807, 2.05) is 0 Å². The van der Waals surface area contributed by atoms with Crippen molar-refractivity contribution in [2.75, 3.05) is 26.2 Å². The predicted octanol–water partition coefficient (Wildman–Crippen LogP) is 3.96. The van der Waals surface area contributed by atoms with Crippen LogP contribution < -0.4 is 5.32 Å². The van der Waals surface area contributed by atoms with Gasteiger partial charge in [-0.1, -0.05) is 37.9 Å². The highest BCUT2D eigenvalue weighted by molar-refractivity contribution is 9.11. The fourth-order valence-corrected chi connectivity index (χ4v) is 3.80. The third kappa shape index (κ3) is 4.05. The van der Waals surface area contributed by atoms with Crippen molar-refractivity contribution in [1.82, 2.24) is 10.2 Å². The standard InChI is InChI=1S/C14H20Br2N2/c1-11(13-5-4-12(15)10-14(13)16)17-6-9-18-7-2-3-8-18/h4-5,10-11,17H,2-3,6-9H2,1H3. The molecule has 1 aromatic carbocycles. The highest BCUT2D eigenvalue weighted by Crippen LogP contribution is 2.26. The molecule has 0 aromatic heterocycles. The Labute approximate surface area is 126 Å². The maximum atomic E-state index is 3.63. The van der Waals surface area contributed by atoms with Crippen molar-refractivity contribution in [2.24, 2.45) is 0 Å². The lowest BCUT2D eigenvalue weighted by Gasteiger charge is -2.19. The minimum absolute atomic E-state index is 0.384. The van der Waals surface area contributed by atoms with Crippen LogP contribution in [0.5, 0.6) is 0 Å². The predicted molar refractivity (Wildman–Crippen MR) is 83.9 cm³/mol. The Bertz CT molecular complexity index is 389. The van der Waals surface area contributed by atoms with E-state index in [1.165, 1.54) is 38.0 Å². The average Bonchev–Trinajstić information content (AvgIpc) is 2.81. The lowest BCUT2D eigenvalue weighted by Crippen LogP contribution is -2.31. The van der Waals surface area contributed by atoms with Crippen molar-refractivity contribution >= 4 is 31.9 Å². The van der Waals surface area contributed by atoms with Gasteiger partial charge < -0.3 is 10.2 Å². The van der Waals surface area contributed by atoms with Gasteiger partial charge in [0.2, 0.25) is 0 Å². The first kappa shape index (κ1) is 14.5. The molecular formula is C14H20Br2N2. The number of rotatable bonds is 5. The van der Waals surface area contributed by atoms with Gasteiger partial charge in [0, 0.05) is 28.1 Å². The number of likely N-dealkylation sites (tertiary alicyclic amines) is 1. The van der Waals surface area contributed by atoms with Gasteiger partial charge in [0.05, 0.1) is 0 Å². The smallest absolute Gasteiger partial charge is 0.0303 e. The molecule has 4 heteroatoms. The number of nitrogens with zero attached hydrogens (tertiary/aromatic N) is 1. The molecule has 1 atom stereocenters. The van der Waals surface area contributed by atoms with E-state index in [2.05, 4.69) is 67.2 Å². The molecule has 18 heavy (non-hydrogen) atoms. The van der Waals surface area contributed by atoms with Gasteiger partial charge in [0.15, 0.2) is 0 Å². The van der Waals surface area contributed by atoms with E-state index < -0.39 is 0 Å². The van der Waals surface area contributed by atoms with Gasteiger partial charge in [0.25, 0.3) is 0 Å². The quantitative estimate of drug-likeness (QED) is 0.837. The third-order valence-corrected chi connectivity index (χ3v) is 4.69. The summed E-state index contributed by atoms with van der Waals surface area (Å²) < 4.78 is 2.28. The summed E-state index contributed by atoms with van der Waals surface area (Å²) in [4.78, 5) is 2.54. The van der Waals surface area contributed by atoms with Crippen LogP contribution in [-0.2, 0) is 0 Å². The Kier molecular flexibility index (Phi) is 5.67. The minimum atomic E-state index is 0.384. The first-order valence-corrected chi connectivity index (χ1v) is 8.16. The molecule has 100 valence electrons. The molecule has 1 heterocycles. The molecule has 1 aromatic rings. The van der Waals surface area contributed by atoms with E-state index in [0.29, 0.717) is 6.04 Å². The van der Waals surface area contributed by atoms with Crippen LogP contribution in [0.4, 0.5) is 0 Å². The van der Waals surface area contributed by atoms with E-state index >= 15 is 0 Å². The van der Waals surface area contributed by atoms with Crippen molar-refractivity contribution in [3.05, 3.63) is 32.7 Å². The summed E-state index contributed by atoms with van der Waals surface area (Å²) in [5, 5.41) is 3.60. The van der Waals surface area contributed by atoms with Crippen LogP contribution in [0.1, 0.15) is 31.4 Å². The summed E-state index contributed by atoms with van der Waals surface area (Å²) in [6.07, 6.45) is 2.74. The molecule has 2 nitrogen and oxygen atoms in total. The Morgan fingerprint density at radius 3 is 2.67 bits per heavy atom. The van der Waals surface area contributed by atoms with Crippen LogP contribution in [0.3, 0.4) is 0 Å². The SMILES string of the molecule is CC(NCCN1CCCC1)c1ccc(Br)cc1Br. The van der Waals surface area contributed by atoms with Gasteiger partial charge in [-0.3, -0.25) is 0 Å².